The van der Waals surface area contributed by atoms with Crippen molar-refractivity contribution in [2.24, 2.45) is 0 Å². The molecule has 0 aromatic heterocycles. The topological polar surface area (TPSA) is 64.6 Å². The highest BCUT2D eigenvalue weighted by molar-refractivity contribution is 7.56. The van der Waals surface area contributed by atoms with E-state index in [1.807, 2.05) is 6.07 Å². The average molecular weight is 257 g/mol. The zero-order valence-electron chi connectivity index (χ0n) is 10.0. The summed E-state index contributed by atoms with van der Waals surface area (Å²) in [4.78, 5) is 11.2. The minimum absolute atomic E-state index is 0.483. The minimum Gasteiger partial charge on any atom is -0.468 e. The molecule has 2 unspecified atom stereocenters. The second-order valence-electron chi connectivity index (χ2n) is 3.62. The van der Waals surface area contributed by atoms with Crippen LogP contribution in [-0.4, -0.2) is 25.8 Å². The van der Waals surface area contributed by atoms with Crippen molar-refractivity contribution in [3.8, 4) is 5.75 Å². The molecule has 0 radical (unpaired) electrons. The fourth-order valence-electron chi connectivity index (χ4n) is 1.29. The molecule has 6 heteroatoms. The SMILES string of the molecule is COC(=O)C(C)NP(C)(=O)Oc1ccccc1. The third-order valence-electron chi connectivity index (χ3n) is 2.01. The maximum absolute atomic E-state index is 12.1. The van der Waals surface area contributed by atoms with Crippen molar-refractivity contribution in [1.82, 2.24) is 5.09 Å². The molecule has 0 saturated carbocycles. The van der Waals surface area contributed by atoms with Gasteiger partial charge >= 0.3 is 13.5 Å². The minimum atomic E-state index is -3.09. The molecule has 0 amide bonds. The number of nitrogens with one attached hydrogen (secondary N) is 1. The Labute approximate surface area is 101 Å². The Morgan fingerprint density at radius 3 is 2.47 bits per heavy atom. The molecule has 0 aliphatic heterocycles. The van der Waals surface area contributed by atoms with Crippen molar-refractivity contribution < 1.29 is 18.6 Å². The molecular formula is C11H16NO4P. The lowest BCUT2D eigenvalue weighted by atomic mass is 10.3. The van der Waals surface area contributed by atoms with E-state index in [0.717, 1.165) is 0 Å². The van der Waals surface area contributed by atoms with Crippen LogP contribution < -0.4 is 9.61 Å². The van der Waals surface area contributed by atoms with Crippen LogP contribution in [0.4, 0.5) is 0 Å². The Morgan fingerprint density at radius 2 is 1.94 bits per heavy atom. The molecule has 1 rings (SSSR count). The van der Waals surface area contributed by atoms with Gasteiger partial charge in [-0.2, -0.15) is 0 Å². The highest BCUT2D eigenvalue weighted by Crippen LogP contribution is 2.39. The summed E-state index contributed by atoms with van der Waals surface area (Å²) in [7, 11) is -1.81. The fourth-order valence-corrected chi connectivity index (χ4v) is 2.68. The molecule has 0 heterocycles. The molecular weight excluding hydrogens is 241 g/mol. The van der Waals surface area contributed by atoms with Crippen LogP contribution in [0.15, 0.2) is 30.3 Å². The van der Waals surface area contributed by atoms with Crippen molar-refractivity contribution in [1.29, 1.82) is 0 Å². The van der Waals surface area contributed by atoms with E-state index >= 15 is 0 Å². The number of ether oxygens (including phenoxy) is 1. The van der Waals surface area contributed by atoms with Crippen LogP contribution in [0.25, 0.3) is 0 Å². The molecule has 0 aliphatic carbocycles. The molecule has 1 aromatic rings. The van der Waals surface area contributed by atoms with E-state index in [-0.39, 0.29) is 0 Å². The third-order valence-corrected chi connectivity index (χ3v) is 3.42. The highest BCUT2D eigenvalue weighted by Gasteiger charge is 2.24. The van der Waals surface area contributed by atoms with Crippen molar-refractivity contribution in [2.45, 2.75) is 13.0 Å². The average Bonchev–Trinajstić information content (AvgIpc) is 2.27. The van der Waals surface area contributed by atoms with Gasteiger partial charge in [-0.3, -0.25) is 9.36 Å². The van der Waals surface area contributed by atoms with E-state index in [2.05, 4.69) is 9.82 Å². The zero-order valence-corrected chi connectivity index (χ0v) is 10.9. The highest BCUT2D eigenvalue weighted by atomic mass is 31.2. The van der Waals surface area contributed by atoms with Gasteiger partial charge in [-0.25, -0.2) is 5.09 Å². The molecule has 2 atom stereocenters. The standard InChI is InChI=1S/C11H16NO4P/c1-9(11(13)15-2)12-17(3,14)16-10-7-5-4-6-8-10/h4-9H,1-3H3,(H,12,14). The Bertz CT molecular complexity index is 421. The van der Waals surface area contributed by atoms with E-state index in [1.165, 1.54) is 13.8 Å². The third kappa shape index (κ3) is 4.59. The van der Waals surface area contributed by atoms with Gasteiger partial charge in [0.1, 0.15) is 11.8 Å². The lowest BCUT2D eigenvalue weighted by Gasteiger charge is -2.19. The van der Waals surface area contributed by atoms with E-state index in [9.17, 15) is 9.36 Å². The Kier molecular flexibility index (Phi) is 4.73. The van der Waals surface area contributed by atoms with E-state index in [0.29, 0.717) is 5.75 Å². The fraction of sp³-hybridized carbons (Fsp3) is 0.364. The molecule has 0 fully saturated rings. The normalized spacial score (nSPS) is 15.7. The maximum Gasteiger partial charge on any atom is 0.323 e. The van der Waals surface area contributed by atoms with Gasteiger partial charge in [0.2, 0.25) is 0 Å². The van der Waals surface area contributed by atoms with Crippen molar-refractivity contribution in [2.75, 3.05) is 13.8 Å². The van der Waals surface area contributed by atoms with Crippen molar-refractivity contribution in [3.63, 3.8) is 0 Å². The summed E-state index contributed by atoms with van der Waals surface area (Å²) in [6.45, 7) is 2.98. The van der Waals surface area contributed by atoms with Gasteiger partial charge in [0.25, 0.3) is 0 Å². The quantitative estimate of drug-likeness (QED) is 0.646. The van der Waals surface area contributed by atoms with Gasteiger partial charge in [0, 0.05) is 6.66 Å². The number of carbonyl (C=O) groups is 1. The molecule has 94 valence electrons. The number of benzene rings is 1. The summed E-state index contributed by atoms with van der Waals surface area (Å²) in [5.74, 6) is 0.00614. The van der Waals surface area contributed by atoms with Gasteiger partial charge in [0.15, 0.2) is 0 Å². The summed E-state index contributed by atoms with van der Waals surface area (Å²) in [5.41, 5.74) is 0. The maximum atomic E-state index is 12.1. The predicted octanol–water partition coefficient (Wildman–Crippen LogP) is 2.04. The molecule has 0 spiro atoms. The smallest absolute Gasteiger partial charge is 0.323 e. The van der Waals surface area contributed by atoms with Crippen LogP contribution in [0, 0.1) is 0 Å². The first-order valence-corrected chi connectivity index (χ1v) is 7.19. The Balaban J connectivity index is 2.63. The summed E-state index contributed by atoms with van der Waals surface area (Å²) in [6.07, 6.45) is 0. The zero-order chi connectivity index (χ0) is 12.9. The molecule has 1 aromatic carbocycles. The monoisotopic (exact) mass is 257 g/mol. The Morgan fingerprint density at radius 1 is 1.35 bits per heavy atom. The lowest BCUT2D eigenvalue weighted by molar-refractivity contribution is -0.142. The van der Waals surface area contributed by atoms with Gasteiger partial charge in [-0.1, -0.05) is 18.2 Å². The first-order valence-electron chi connectivity index (χ1n) is 5.12. The largest absolute Gasteiger partial charge is 0.468 e. The number of hydrogen-bond acceptors (Lipinski definition) is 4. The summed E-state index contributed by atoms with van der Waals surface area (Å²) in [5, 5.41) is 2.61. The van der Waals surface area contributed by atoms with Gasteiger partial charge < -0.3 is 9.26 Å². The molecule has 17 heavy (non-hydrogen) atoms. The predicted molar refractivity (Wildman–Crippen MR) is 65.2 cm³/mol. The molecule has 0 bridgehead atoms. The molecule has 1 N–H and O–H groups in total. The van der Waals surface area contributed by atoms with Crippen LogP contribution in [0.1, 0.15) is 6.92 Å². The van der Waals surface area contributed by atoms with Gasteiger partial charge in [0.05, 0.1) is 7.11 Å². The van der Waals surface area contributed by atoms with Crippen LogP contribution >= 0.6 is 7.52 Å². The summed E-state index contributed by atoms with van der Waals surface area (Å²) >= 11 is 0. The Hall–Kier alpha value is -1.32. The second-order valence-corrected chi connectivity index (χ2v) is 5.76. The summed E-state index contributed by atoms with van der Waals surface area (Å²) in [6, 6.07) is 8.09. The lowest BCUT2D eigenvalue weighted by Crippen LogP contribution is -2.33. The molecule has 0 saturated heterocycles. The van der Waals surface area contributed by atoms with Crippen LogP contribution in [-0.2, 0) is 14.1 Å². The van der Waals surface area contributed by atoms with Gasteiger partial charge in [-0.15, -0.1) is 0 Å². The number of methoxy groups -OCH3 is 1. The first kappa shape index (κ1) is 13.7. The van der Waals surface area contributed by atoms with Crippen LogP contribution in [0.5, 0.6) is 5.75 Å². The summed E-state index contributed by atoms with van der Waals surface area (Å²) < 4.78 is 21.9. The number of para-hydroxylation sites is 1. The molecule has 0 aliphatic rings. The number of hydrogen-bond donors (Lipinski definition) is 1. The van der Waals surface area contributed by atoms with Gasteiger partial charge in [-0.05, 0) is 19.1 Å². The van der Waals surface area contributed by atoms with Crippen LogP contribution in [0.2, 0.25) is 0 Å². The second kappa shape index (κ2) is 5.84. The first-order chi connectivity index (χ1) is 7.94. The van der Waals surface area contributed by atoms with Crippen molar-refractivity contribution in [3.05, 3.63) is 30.3 Å². The van der Waals surface area contributed by atoms with E-state index in [4.69, 9.17) is 4.52 Å². The van der Waals surface area contributed by atoms with Crippen LogP contribution in [0.3, 0.4) is 0 Å². The van der Waals surface area contributed by atoms with E-state index < -0.39 is 19.5 Å². The number of carbonyl (C=O) groups excluding carboxylic acids is 1. The van der Waals surface area contributed by atoms with E-state index in [1.54, 1.807) is 31.2 Å². The number of esters is 1. The molecule has 5 nitrogen and oxygen atoms in total. The number of rotatable bonds is 5. The van der Waals surface area contributed by atoms with Crippen molar-refractivity contribution >= 4 is 13.5 Å².